The van der Waals surface area contributed by atoms with E-state index in [2.05, 4.69) is 12.2 Å². The van der Waals surface area contributed by atoms with E-state index < -0.39 is 6.10 Å². The summed E-state index contributed by atoms with van der Waals surface area (Å²) in [5, 5.41) is 23.1. The number of rotatable bonds is 4. The van der Waals surface area contributed by atoms with Crippen LogP contribution in [0.4, 0.5) is 0 Å². The minimum Gasteiger partial charge on any atom is -0.508 e. The van der Waals surface area contributed by atoms with E-state index in [1.165, 1.54) is 12.8 Å². The maximum atomic E-state index is 10.3. The highest BCUT2D eigenvalue weighted by Crippen LogP contribution is 2.28. The average molecular weight is 235 g/mol. The Labute approximate surface area is 102 Å². The fourth-order valence-corrected chi connectivity index (χ4v) is 2.62. The predicted octanol–water partition coefficient (Wildman–Crippen LogP) is 2.35. The molecule has 0 saturated carbocycles. The number of phenolic OH excluding ortho intramolecular Hbond substituents is 1. The van der Waals surface area contributed by atoms with Crippen LogP contribution in [0.15, 0.2) is 24.3 Å². The molecule has 1 aromatic rings. The van der Waals surface area contributed by atoms with E-state index in [1.54, 1.807) is 18.2 Å². The van der Waals surface area contributed by atoms with E-state index in [9.17, 15) is 10.2 Å². The van der Waals surface area contributed by atoms with Crippen LogP contribution in [-0.2, 0) is 0 Å². The van der Waals surface area contributed by atoms with Gasteiger partial charge in [-0.25, -0.2) is 0 Å². The Morgan fingerprint density at radius 1 is 1.41 bits per heavy atom. The topological polar surface area (TPSA) is 52.5 Å². The summed E-state index contributed by atoms with van der Waals surface area (Å²) < 4.78 is 0. The first-order chi connectivity index (χ1) is 8.20. The second-order valence-corrected chi connectivity index (χ2v) is 4.88. The zero-order valence-corrected chi connectivity index (χ0v) is 10.3. The Balaban J connectivity index is 1.99. The van der Waals surface area contributed by atoms with Gasteiger partial charge in [-0.1, -0.05) is 25.5 Å². The summed E-state index contributed by atoms with van der Waals surface area (Å²) in [4.78, 5) is 0. The Kier molecular flexibility index (Phi) is 4.02. The molecule has 2 rings (SSSR count). The molecule has 0 bridgehead atoms. The summed E-state index contributed by atoms with van der Waals surface area (Å²) in [6.07, 6.45) is 3.95. The molecular weight excluding hydrogens is 214 g/mol. The molecule has 3 N–H and O–H groups in total. The third-order valence-corrected chi connectivity index (χ3v) is 3.51. The first-order valence-corrected chi connectivity index (χ1v) is 6.43. The maximum absolute atomic E-state index is 10.3. The molecule has 1 fully saturated rings. The van der Waals surface area contributed by atoms with Crippen molar-refractivity contribution in [3.8, 4) is 5.75 Å². The van der Waals surface area contributed by atoms with Gasteiger partial charge in [0.2, 0.25) is 0 Å². The molecule has 0 spiro atoms. The van der Waals surface area contributed by atoms with Crippen molar-refractivity contribution >= 4 is 0 Å². The summed E-state index contributed by atoms with van der Waals surface area (Å²) in [5.74, 6) is 0.213. The maximum Gasteiger partial charge on any atom is 0.115 e. The predicted molar refractivity (Wildman–Crippen MR) is 67.9 cm³/mol. The third kappa shape index (κ3) is 2.99. The highest BCUT2D eigenvalue weighted by atomic mass is 16.3. The second kappa shape index (κ2) is 5.52. The van der Waals surface area contributed by atoms with Crippen molar-refractivity contribution in [1.29, 1.82) is 0 Å². The van der Waals surface area contributed by atoms with Crippen LogP contribution in [0, 0.1) is 0 Å². The number of nitrogens with one attached hydrogen (secondary N) is 1. The molecule has 0 aliphatic carbocycles. The van der Waals surface area contributed by atoms with E-state index in [0.29, 0.717) is 6.04 Å². The van der Waals surface area contributed by atoms with Gasteiger partial charge in [0.15, 0.2) is 0 Å². The number of hydrogen-bond acceptors (Lipinski definition) is 3. The summed E-state index contributed by atoms with van der Waals surface area (Å²) in [6, 6.07) is 7.55. The van der Waals surface area contributed by atoms with Crippen LogP contribution < -0.4 is 5.32 Å². The molecule has 1 saturated heterocycles. The van der Waals surface area contributed by atoms with Crippen LogP contribution in [-0.4, -0.2) is 22.3 Å². The Hall–Kier alpha value is -1.06. The first kappa shape index (κ1) is 12.4. The normalized spacial score (nSPS) is 26.0. The lowest BCUT2D eigenvalue weighted by Gasteiger charge is -2.20. The quantitative estimate of drug-likeness (QED) is 0.751. The highest BCUT2D eigenvalue weighted by Gasteiger charge is 2.29. The molecule has 0 aromatic heterocycles. The highest BCUT2D eigenvalue weighted by molar-refractivity contribution is 5.29. The van der Waals surface area contributed by atoms with Crippen molar-refractivity contribution in [3.63, 3.8) is 0 Å². The van der Waals surface area contributed by atoms with Gasteiger partial charge in [-0.3, -0.25) is 0 Å². The van der Waals surface area contributed by atoms with Crippen LogP contribution in [0.25, 0.3) is 0 Å². The van der Waals surface area contributed by atoms with Crippen molar-refractivity contribution in [2.75, 3.05) is 0 Å². The Morgan fingerprint density at radius 2 is 2.24 bits per heavy atom. The van der Waals surface area contributed by atoms with Crippen molar-refractivity contribution in [3.05, 3.63) is 29.8 Å². The summed E-state index contributed by atoms with van der Waals surface area (Å²) in [6.45, 7) is 2.18. The largest absolute Gasteiger partial charge is 0.508 e. The number of hydrogen-bond donors (Lipinski definition) is 3. The smallest absolute Gasteiger partial charge is 0.115 e. The number of phenols is 1. The average Bonchev–Trinajstić information content (AvgIpc) is 2.77. The monoisotopic (exact) mass is 235 g/mol. The second-order valence-electron chi connectivity index (χ2n) is 4.88. The van der Waals surface area contributed by atoms with E-state index in [0.717, 1.165) is 18.4 Å². The van der Waals surface area contributed by atoms with Crippen LogP contribution in [0.1, 0.15) is 44.3 Å². The molecule has 3 nitrogen and oxygen atoms in total. The van der Waals surface area contributed by atoms with Crippen LogP contribution in [0.3, 0.4) is 0 Å². The van der Waals surface area contributed by atoms with Gasteiger partial charge >= 0.3 is 0 Å². The standard InChI is InChI=1S/C14H21NO2/c1-2-4-11-7-8-13(15-11)14(17)10-5-3-6-12(16)9-10/h3,5-6,9,11,13-17H,2,4,7-8H2,1H3/t11-,13-,14?/m1/s1. The van der Waals surface area contributed by atoms with E-state index >= 15 is 0 Å². The zero-order chi connectivity index (χ0) is 12.3. The molecule has 1 aliphatic rings. The molecule has 1 aromatic carbocycles. The van der Waals surface area contributed by atoms with Crippen molar-refractivity contribution in [2.24, 2.45) is 0 Å². The lowest BCUT2D eigenvalue weighted by atomic mass is 10.0. The van der Waals surface area contributed by atoms with Gasteiger partial charge in [0.1, 0.15) is 5.75 Å². The van der Waals surface area contributed by atoms with Gasteiger partial charge in [-0.15, -0.1) is 0 Å². The van der Waals surface area contributed by atoms with Gasteiger partial charge in [0, 0.05) is 12.1 Å². The molecule has 94 valence electrons. The molecule has 1 heterocycles. The van der Waals surface area contributed by atoms with E-state index in [4.69, 9.17) is 0 Å². The lowest BCUT2D eigenvalue weighted by molar-refractivity contribution is 0.134. The third-order valence-electron chi connectivity index (χ3n) is 3.51. The molecule has 1 unspecified atom stereocenters. The van der Waals surface area contributed by atoms with E-state index in [1.807, 2.05) is 6.07 Å². The molecule has 17 heavy (non-hydrogen) atoms. The summed E-state index contributed by atoms with van der Waals surface area (Å²) in [7, 11) is 0. The van der Waals surface area contributed by atoms with E-state index in [-0.39, 0.29) is 11.8 Å². The number of aliphatic hydroxyl groups excluding tert-OH is 1. The Bertz CT molecular complexity index is 367. The fourth-order valence-electron chi connectivity index (χ4n) is 2.62. The van der Waals surface area contributed by atoms with Gasteiger partial charge in [-0.2, -0.15) is 0 Å². The van der Waals surface area contributed by atoms with Gasteiger partial charge in [-0.05, 0) is 37.0 Å². The van der Waals surface area contributed by atoms with Crippen LogP contribution in [0.2, 0.25) is 0 Å². The molecule has 0 radical (unpaired) electrons. The number of benzene rings is 1. The van der Waals surface area contributed by atoms with Crippen LogP contribution >= 0.6 is 0 Å². The van der Waals surface area contributed by atoms with Crippen molar-refractivity contribution in [1.82, 2.24) is 5.32 Å². The SMILES string of the molecule is CCC[C@@H]1CC[C@H](C(O)c2cccc(O)c2)N1. The number of aliphatic hydroxyl groups is 1. The molecule has 3 heteroatoms. The van der Waals surface area contributed by atoms with Crippen molar-refractivity contribution in [2.45, 2.75) is 50.8 Å². The summed E-state index contributed by atoms with van der Waals surface area (Å²) >= 11 is 0. The first-order valence-electron chi connectivity index (χ1n) is 6.43. The van der Waals surface area contributed by atoms with Gasteiger partial charge < -0.3 is 15.5 Å². The van der Waals surface area contributed by atoms with Gasteiger partial charge in [0.05, 0.1) is 6.10 Å². The fraction of sp³-hybridized carbons (Fsp3) is 0.571. The van der Waals surface area contributed by atoms with Crippen LogP contribution in [0.5, 0.6) is 5.75 Å². The Morgan fingerprint density at radius 3 is 2.94 bits per heavy atom. The van der Waals surface area contributed by atoms with Crippen molar-refractivity contribution < 1.29 is 10.2 Å². The lowest BCUT2D eigenvalue weighted by Crippen LogP contribution is -2.33. The molecule has 3 atom stereocenters. The summed E-state index contributed by atoms with van der Waals surface area (Å²) in [5.41, 5.74) is 0.791. The van der Waals surface area contributed by atoms with Gasteiger partial charge in [0.25, 0.3) is 0 Å². The molecule has 0 amide bonds. The zero-order valence-electron chi connectivity index (χ0n) is 10.3. The minimum absolute atomic E-state index is 0.119. The molecular formula is C14H21NO2. The molecule has 1 aliphatic heterocycles. The number of aromatic hydroxyl groups is 1. The minimum atomic E-state index is -0.524.